The standard InChI is InChI=1S/C25H32N2O4S/c1-5-11-26(24(28)14-18(2)3)16-25(29)27-12-9-23-21(10-13-32-23)22(27)17-31-20-8-6-7-19(15-20)30-4/h5-8,10,13,15,18,22H,1,9,11-12,14,16-17H2,2-4H3/t22-/m0/s1. The average molecular weight is 457 g/mol. The summed E-state index contributed by atoms with van der Waals surface area (Å²) in [6, 6.07) is 9.33. The number of methoxy groups -OCH3 is 1. The van der Waals surface area contributed by atoms with Crippen molar-refractivity contribution in [1.29, 1.82) is 0 Å². The summed E-state index contributed by atoms with van der Waals surface area (Å²) in [6.07, 6.45) is 2.90. The number of amides is 2. The van der Waals surface area contributed by atoms with Crippen LogP contribution in [0, 0.1) is 5.92 Å². The number of hydrogen-bond acceptors (Lipinski definition) is 5. The highest BCUT2D eigenvalue weighted by molar-refractivity contribution is 7.10. The molecule has 2 heterocycles. The third-order valence-corrected chi connectivity index (χ3v) is 6.47. The molecule has 6 nitrogen and oxygen atoms in total. The first-order valence-corrected chi connectivity index (χ1v) is 11.8. The second kappa shape index (κ2) is 11.2. The average Bonchev–Trinajstić information content (AvgIpc) is 3.25. The van der Waals surface area contributed by atoms with Crippen molar-refractivity contribution in [1.82, 2.24) is 9.80 Å². The summed E-state index contributed by atoms with van der Waals surface area (Å²) in [5, 5.41) is 2.06. The molecule has 0 aliphatic carbocycles. The summed E-state index contributed by atoms with van der Waals surface area (Å²) in [5.74, 6) is 1.56. The maximum atomic E-state index is 13.4. The zero-order chi connectivity index (χ0) is 23.1. The van der Waals surface area contributed by atoms with Gasteiger partial charge in [0.1, 0.15) is 24.7 Å². The Kier molecular flexibility index (Phi) is 8.33. The molecule has 2 amide bonds. The Bertz CT molecular complexity index is 940. The van der Waals surface area contributed by atoms with Crippen molar-refractivity contribution in [3.05, 3.63) is 58.8 Å². The van der Waals surface area contributed by atoms with Crippen molar-refractivity contribution in [3.8, 4) is 11.5 Å². The van der Waals surface area contributed by atoms with Gasteiger partial charge in [0.15, 0.2) is 0 Å². The van der Waals surface area contributed by atoms with Gasteiger partial charge in [-0.3, -0.25) is 9.59 Å². The molecule has 0 fully saturated rings. The summed E-state index contributed by atoms with van der Waals surface area (Å²) in [4.78, 5) is 30.7. The fraction of sp³-hybridized carbons (Fsp3) is 0.440. The predicted molar refractivity (Wildman–Crippen MR) is 127 cm³/mol. The number of thiophene rings is 1. The van der Waals surface area contributed by atoms with Crippen LogP contribution in [0.3, 0.4) is 0 Å². The van der Waals surface area contributed by atoms with Crippen LogP contribution in [0.1, 0.15) is 36.8 Å². The van der Waals surface area contributed by atoms with E-state index in [4.69, 9.17) is 9.47 Å². The number of ether oxygens (including phenoxy) is 2. The fourth-order valence-electron chi connectivity index (χ4n) is 3.88. The van der Waals surface area contributed by atoms with Crippen molar-refractivity contribution in [2.75, 3.05) is 33.4 Å². The van der Waals surface area contributed by atoms with Gasteiger partial charge in [-0.15, -0.1) is 17.9 Å². The number of carbonyl (C=O) groups is 2. The minimum atomic E-state index is -0.200. The second-order valence-electron chi connectivity index (χ2n) is 8.30. The number of benzene rings is 1. The minimum Gasteiger partial charge on any atom is -0.497 e. The molecule has 3 rings (SSSR count). The van der Waals surface area contributed by atoms with Crippen LogP contribution < -0.4 is 9.47 Å². The molecule has 0 bridgehead atoms. The van der Waals surface area contributed by atoms with E-state index in [1.165, 1.54) is 4.88 Å². The van der Waals surface area contributed by atoms with Gasteiger partial charge in [-0.1, -0.05) is 26.0 Å². The SMILES string of the molecule is C=CCN(CC(=O)N1CCc2sccc2[C@@H]1COc1cccc(OC)c1)C(=O)CC(C)C. The molecule has 1 aliphatic heterocycles. The van der Waals surface area contributed by atoms with E-state index < -0.39 is 0 Å². The normalized spacial score (nSPS) is 15.2. The Balaban J connectivity index is 1.76. The Hall–Kier alpha value is -2.80. The van der Waals surface area contributed by atoms with E-state index in [1.807, 2.05) is 43.0 Å². The highest BCUT2D eigenvalue weighted by Crippen LogP contribution is 2.34. The molecule has 0 radical (unpaired) electrons. The monoisotopic (exact) mass is 456 g/mol. The zero-order valence-electron chi connectivity index (χ0n) is 19.1. The van der Waals surface area contributed by atoms with E-state index in [2.05, 4.69) is 18.0 Å². The van der Waals surface area contributed by atoms with Crippen LogP contribution in [-0.2, 0) is 16.0 Å². The Morgan fingerprint density at radius 3 is 2.81 bits per heavy atom. The quantitative estimate of drug-likeness (QED) is 0.500. The summed E-state index contributed by atoms with van der Waals surface area (Å²) in [5.41, 5.74) is 1.13. The van der Waals surface area contributed by atoms with Gasteiger partial charge < -0.3 is 19.3 Å². The summed E-state index contributed by atoms with van der Waals surface area (Å²) in [7, 11) is 1.62. The molecule has 0 spiro atoms. The van der Waals surface area contributed by atoms with Crippen molar-refractivity contribution >= 4 is 23.2 Å². The number of hydrogen-bond donors (Lipinski definition) is 0. The molecule has 1 aliphatic rings. The van der Waals surface area contributed by atoms with E-state index in [0.717, 1.165) is 17.7 Å². The molecule has 2 aromatic rings. The molecule has 32 heavy (non-hydrogen) atoms. The Morgan fingerprint density at radius 2 is 2.09 bits per heavy atom. The highest BCUT2D eigenvalue weighted by Gasteiger charge is 2.33. The van der Waals surface area contributed by atoms with E-state index in [1.54, 1.807) is 29.4 Å². The van der Waals surface area contributed by atoms with Crippen LogP contribution in [0.5, 0.6) is 11.5 Å². The molecule has 1 aromatic carbocycles. The van der Waals surface area contributed by atoms with Crippen LogP contribution in [0.15, 0.2) is 48.4 Å². The number of nitrogens with zero attached hydrogens (tertiary/aromatic N) is 2. The van der Waals surface area contributed by atoms with E-state index >= 15 is 0 Å². The van der Waals surface area contributed by atoms with Gasteiger partial charge in [-0.2, -0.15) is 0 Å². The maximum Gasteiger partial charge on any atom is 0.242 e. The van der Waals surface area contributed by atoms with Gasteiger partial charge in [0.2, 0.25) is 11.8 Å². The highest BCUT2D eigenvalue weighted by atomic mass is 32.1. The molecule has 0 saturated heterocycles. The Labute approximate surface area is 194 Å². The van der Waals surface area contributed by atoms with Crippen LogP contribution in [0.4, 0.5) is 0 Å². The molecular formula is C25H32N2O4S. The molecule has 7 heteroatoms. The van der Waals surface area contributed by atoms with E-state index in [-0.39, 0.29) is 30.3 Å². The summed E-state index contributed by atoms with van der Waals surface area (Å²) in [6.45, 7) is 9.11. The van der Waals surface area contributed by atoms with Crippen molar-refractivity contribution < 1.29 is 19.1 Å². The third kappa shape index (κ3) is 5.91. The lowest BCUT2D eigenvalue weighted by Gasteiger charge is -2.37. The lowest BCUT2D eigenvalue weighted by molar-refractivity contribution is -0.142. The summed E-state index contributed by atoms with van der Waals surface area (Å²) >= 11 is 1.71. The fourth-order valence-corrected chi connectivity index (χ4v) is 4.81. The van der Waals surface area contributed by atoms with Crippen LogP contribution in [0.2, 0.25) is 0 Å². The van der Waals surface area contributed by atoms with Crippen LogP contribution >= 0.6 is 11.3 Å². The maximum absolute atomic E-state index is 13.4. The van der Waals surface area contributed by atoms with Crippen molar-refractivity contribution in [2.45, 2.75) is 32.7 Å². The van der Waals surface area contributed by atoms with E-state index in [0.29, 0.717) is 31.9 Å². The van der Waals surface area contributed by atoms with Crippen molar-refractivity contribution in [2.24, 2.45) is 5.92 Å². The molecule has 1 aromatic heterocycles. The lowest BCUT2D eigenvalue weighted by atomic mass is 10.0. The third-order valence-electron chi connectivity index (χ3n) is 5.48. The molecule has 172 valence electrons. The topological polar surface area (TPSA) is 59.1 Å². The zero-order valence-corrected chi connectivity index (χ0v) is 19.9. The van der Waals surface area contributed by atoms with Gasteiger partial charge in [0, 0.05) is 30.5 Å². The van der Waals surface area contributed by atoms with E-state index in [9.17, 15) is 9.59 Å². The first kappa shape index (κ1) is 23.9. The smallest absolute Gasteiger partial charge is 0.242 e. The van der Waals surface area contributed by atoms with Gasteiger partial charge in [-0.25, -0.2) is 0 Å². The Morgan fingerprint density at radius 1 is 1.31 bits per heavy atom. The molecule has 0 unspecified atom stereocenters. The number of rotatable bonds is 10. The van der Waals surface area contributed by atoms with Crippen LogP contribution in [-0.4, -0.2) is 55.0 Å². The summed E-state index contributed by atoms with van der Waals surface area (Å²) < 4.78 is 11.4. The largest absolute Gasteiger partial charge is 0.497 e. The van der Waals surface area contributed by atoms with Gasteiger partial charge in [0.25, 0.3) is 0 Å². The minimum absolute atomic E-state index is 0.0225. The molecule has 1 atom stereocenters. The molecular weight excluding hydrogens is 424 g/mol. The van der Waals surface area contributed by atoms with Gasteiger partial charge >= 0.3 is 0 Å². The number of carbonyl (C=O) groups excluding carboxylic acids is 2. The van der Waals surface area contributed by atoms with Crippen LogP contribution in [0.25, 0.3) is 0 Å². The molecule has 0 N–H and O–H groups in total. The molecule has 0 saturated carbocycles. The van der Waals surface area contributed by atoms with Gasteiger partial charge in [-0.05, 0) is 41.5 Å². The number of fused-ring (bicyclic) bond motifs is 1. The first-order valence-electron chi connectivity index (χ1n) is 10.9. The van der Waals surface area contributed by atoms with Gasteiger partial charge in [0.05, 0.1) is 13.2 Å². The second-order valence-corrected chi connectivity index (χ2v) is 9.30. The predicted octanol–water partition coefficient (Wildman–Crippen LogP) is 4.32. The first-order chi connectivity index (χ1) is 15.4. The lowest BCUT2D eigenvalue weighted by Crippen LogP contribution is -2.48. The van der Waals surface area contributed by atoms with Crippen molar-refractivity contribution in [3.63, 3.8) is 0 Å².